The number of benzene rings is 1. The number of morpholine rings is 1. The molecule has 3 unspecified atom stereocenters. The Bertz CT molecular complexity index is 1380. The van der Waals surface area contributed by atoms with E-state index < -0.39 is 0 Å². The second-order valence-electron chi connectivity index (χ2n) is 10.4. The average molecular weight is 502 g/mol. The molecule has 9 nitrogen and oxygen atoms in total. The van der Waals surface area contributed by atoms with E-state index in [-0.39, 0.29) is 18.2 Å². The third-order valence-electron chi connectivity index (χ3n) is 7.73. The van der Waals surface area contributed by atoms with Crippen molar-refractivity contribution in [1.82, 2.24) is 29.3 Å². The van der Waals surface area contributed by atoms with Crippen LogP contribution in [0.1, 0.15) is 51.3 Å². The first kappa shape index (κ1) is 24.1. The number of nitrogens with zero attached hydrogens (tertiary/aromatic N) is 6. The van der Waals surface area contributed by atoms with Gasteiger partial charge in [0, 0.05) is 49.7 Å². The number of nitrogen functional groups attached to an aromatic ring is 1. The van der Waals surface area contributed by atoms with Crippen molar-refractivity contribution in [3.8, 4) is 22.5 Å². The summed E-state index contributed by atoms with van der Waals surface area (Å²) in [5, 5.41) is 9.31. The van der Waals surface area contributed by atoms with Gasteiger partial charge in [-0.25, -0.2) is 9.50 Å². The molecule has 9 heteroatoms. The highest BCUT2D eigenvalue weighted by Gasteiger charge is 2.27. The van der Waals surface area contributed by atoms with Crippen LogP contribution in [-0.4, -0.2) is 67.8 Å². The summed E-state index contributed by atoms with van der Waals surface area (Å²) in [6, 6.07) is 13.6. The Morgan fingerprint density at radius 1 is 1.00 bits per heavy atom. The van der Waals surface area contributed by atoms with Gasteiger partial charge in [-0.2, -0.15) is 10.2 Å². The van der Waals surface area contributed by atoms with Crippen molar-refractivity contribution in [2.75, 3.05) is 32.0 Å². The molecule has 37 heavy (non-hydrogen) atoms. The van der Waals surface area contributed by atoms with Gasteiger partial charge in [0.2, 0.25) is 0 Å². The second-order valence-corrected chi connectivity index (χ2v) is 10.4. The molecule has 0 amide bonds. The van der Waals surface area contributed by atoms with Gasteiger partial charge in [0.25, 0.3) is 0 Å². The van der Waals surface area contributed by atoms with E-state index in [9.17, 15) is 0 Å². The summed E-state index contributed by atoms with van der Waals surface area (Å²) in [6.45, 7) is 9.93. The molecule has 0 aliphatic carbocycles. The summed E-state index contributed by atoms with van der Waals surface area (Å²) in [6.07, 6.45) is 5.73. The second kappa shape index (κ2) is 9.89. The third-order valence-corrected chi connectivity index (χ3v) is 7.73. The highest BCUT2D eigenvalue weighted by molar-refractivity contribution is 5.90. The van der Waals surface area contributed by atoms with Gasteiger partial charge in [-0.3, -0.25) is 9.58 Å². The summed E-state index contributed by atoms with van der Waals surface area (Å²) in [5.41, 5.74) is 12.6. The first-order valence-electron chi connectivity index (χ1n) is 13.2. The lowest BCUT2D eigenvalue weighted by Crippen LogP contribution is -2.46. The van der Waals surface area contributed by atoms with Crippen LogP contribution < -0.4 is 5.73 Å². The van der Waals surface area contributed by atoms with Gasteiger partial charge >= 0.3 is 0 Å². The molecule has 2 N–H and O–H groups in total. The maximum atomic E-state index is 6.44. The predicted molar refractivity (Wildman–Crippen MR) is 143 cm³/mol. The first-order chi connectivity index (χ1) is 18.0. The molecule has 0 saturated carbocycles. The molecule has 6 rings (SSSR count). The van der Waals surface area contributed by atoms with Crippen LogP contribution in [0.5, 0.6) is 0 Å². The van der Waals surface area contributed by atoms with E-state index in [1.807, 2.05) is 10.7 Å². The highest BCUT2D eigenvalue weighted by Crippen LogP contribution is 2.37. The summed E-state index contributed by atoms with van der Waals surface area (Å²) in [7, 11) is 0. The van der Waals surface area contributed by atoms with Gasteiger partial charge in [-0.15, -0.1) is 0 Å². The Morgan fingerprint density at radius 2 is 1.78 bits per heavy atom. The molecule has 5 heterocycles. The van der Waals surface area contributed by atoms with Crippen LogP contribution in [0.15, 0.2) is 48.9 Å². The quantitative estimate of drug-likeness (QED) is 0.434. The fourth-order valence-corrected chi connectivity index (χ4v) is 5.92. The van der Waals surface area contributed by atoms with E-state index in [0.29, 0.717) is 11.9 Å². The summed E-state index contributed by atoms with van der Waals surface area (Å²) >= 11 is 0. The molecule has 1 aromatic carbocycles. The van der Waals surface area contributed by atoms with Crippen molar-refractivity contribution in [3.63, 3.8) is 0 Å². The van der Waals surface area contributed by atoms with Gasteiger partial charge in [0.1, 0.15) is 11.8 Å². The molecule has 0 radical (unpaired) electrons. The number of hydrogen-bond acceptors (Lipinski definition) is 7. The van der Waals surface area contributed by atoms with E-state index >= 15 is 0 Å². The monoisotopic (exact) mass is 501 g/mol. The van der Waals surface area contributed by atoms with Gasteiger partial charge in [0.15, 0.2) is 5.82 Å². The lowest BCUT2D eigenvalue weighted by atomic mass is 10.0. The molecule has 2 aliphatic rings. The molecule has 194 valence electrons. The van der Waals surface area contributed by atoms with Crippen molar-refractivity contribution in [3.05, 3.63) is 54.5 Å². The normalized spacial score (nSPS) is 22.5. The van der Waals surface area contributed by atoms with Crippen LogP contribution in [-0.2, 0) is 9.47 Å². The molecule has 0 bridgehead atoms. The van der Waals surface area contributed by atoms with Crippen LogP contribution in [0.2, 0.25) is 0 Å². The van der Waals surface area contributed by atoms with Gasteiger partial charge < -0.3 is 15.2 Å². The van der Waals surface area contributed by atoms with Crippen molar-refractivity contribution >= 4 is 11.3 Å². The predicted octanol–water partition coefficient (Wildman–Crippen LogP) is 4.36. The Balaban J connectivity index is 1.41. The van der Waals surface area contributed by atoms with Crippen molar-refractivity contribution in [1.29, 1.82) is 0 Å². The van der Waals surface area contributed by atoms with Crippen LogP contribution in [0, 0.1) is 0 Å². The Kier molecular flexibility index (Phi) is 6.44. The van der Waals surface area contributed by atoms with Crippen LogP contribution in [0.25, 0.3) is 28.0 Å². The van der Waals surface area contributed by atoms with Gasteiger partial charge in [-0.05, 0) is 57.4 Å². The molecule has 0 spiro atoms. The molecule has 3 atom stereocenters. The van der Waals surface area contributed by atoms with Crippen molar-refractivity contribution < 1.29 is 9.47 Å². The standard InChI is InChI=1S/C28H35N7O2/c1-18-15-33(16-19(2)37-18)20(3)21-5-4-6-22(13-21)26-14-24(27-28(29)30-17-32-35(26)27)25-7-10-31-34(25)23-8-11-36-12-9-23/h4-7,10,13-14,17-20,23H,8-9,11-12,15-16H2,1-3H3,(H2,29,30,32). The Hall–Kier alpha value is -3.27. The van der Waals surface area contributed by atoms with Gasteiger partial charge in [0.05, 0.1) is 29.6 Å². The van der Waals surface area contributed by atoms with Crippen molar-refractivity contribution in [2.24, 2.45) is 0 Å². The van der Waals surface area contributed by atoms with E-state index in [2.05, 4.69) is 76.8 Å². The maximum Gasteiger partial charge on any atom is 0.152 e. The Morgan fingerprint density at radius 3 is 2.57 bits per heavy atom. The topological polar surface area (TPSA) is 95.7 Å². The number of rotatable bonds is 5. The lowest BCUT2D eigenvalue weighted by Gasteiger charge is -2.39. The summed E-state index contributed by atoms with van der Waals surface area (Å²) in [5.74, 6) is 0.455. The number of ether oxygens (including phenoxy) is 2. The fourth-order valence-electron chi connectivity index (χ4n) is 5.92. The SMILES string of the molecule is CC1CN(C(C)c2cccc(-c3cc(-c4ccnn4C4CCOCC4)c4c(N)ncnn34)c2)CC(C)O1. The van der Waals surface area contributed by atoms with Crippen molar-refractivity contribution in [2.45, 2.75) is 57.9 Å². The molecule has 2 fully saturated rings. The van der Waals surface area contributed by atoms with Crippen LogP contribution >= 0.6 is 0 Å². The van der Waals surface area contributed by atoms with Crippen LogP contribution in [0.4, 0.5) is 5.82 Å². The minimum Gasteiger partial charge on any atom is -0.382 e. The van der Waals surface area contributed by atoms with E-state index in [1.165, 1.54) is 11.9 Å². The molecule has 2 saturated heterocycles. The molecular weight excluding hydrogens is 466 g/mol. The molecular formula is C28H35N7O2. The minimum atomic E-state index is 0.228. The lowest BCUT2D eigenvalue weighted by molar-refractivity contribution is -0.0789. The summed E-state index contributed by atoms with van der Waals surface area (Å²) in [4.78, 5) is 6.83. The fraction of sp³-hybridized carbons (Fsp3) is 0.464. The van der Waals surface area contributed by atoms with E-state index in [4.69, 9.17) is 20.3 Å². The number of anilines is 1. The average Bonchev–Trinajstić information content (AvgIpc) is 3.54. The zero-order chi connectivity index (χ0) is 25.5. The largest absolute Gasteiger partial charge is 0.382 e. The molecule has 3 aromatic heterocycles. The highest BCUT2D eigenvalue weighted by atomic mass is 16.5. The molecule has 2 aliphatic heterocycles. The smallest absolute Gasteiger partial charge is 0.152 e. The third kappa shape index (κ3) is 4.52. The molecule has 4 aromatic rings. The Labute approximate surface area is 217 Å². The van der Waals surface area contributed by atoms with Crippen LogP contribution in [0.3, 0.4) is 0 Å². The van der Waals surface area contributed by atoms with E-state index in [0.717, 1.165) is 67.2 Å². The number of hydrogen-bond donors (Lipinski definition) is 1. The number of nitrogens with two attached hydrogens (primary N) is 1. The first-order valence-corrected chi connectivity index (χ1v) is 13.2. The van der Waals surface area contributed by atoms with E-state index in [1.54, 1.807) is 0 Å². The maximum absolute atomic E-state index is 6.44. The zero-order valence-electron chi connectivity index (χ0n) is 21.7. The number of aromatic nitrogens is 5. The summed E-state index contributed by atoms with van der Waals surface area (Å²) < 4.78 is 15.6. The number of fused-ring (bicyclic) bond motifs is 1. The zero-order valence-corrected chi connectivity index (χ0v) is 21.7. The minimum absolute atomic E-state index is 0.228. The van der Waals surface area contributed by atoms with Gasteiger partial charge in [-0.1, -0.05) is 18.2 Å².